The number of likely N-dealkylation sites (N-methyl/N-ethyl adjacent to an activating group) is 1. The van der Waals surface area contributed by atoms with Gasteiger partial charge in [-0.3, -0.25) is 16.3 Å². The van der Waals surface area contributed by atoms with Crippen LogP contribution in [0.5, 0.6) is 0 Å². The van der Waals surface area contributed by atoms with E-state index in [1.807, 2.05) is 24.4 Å². The van der Waals surface area contributed by atoms with Gasteiger partial charge in [0.2, 0.25) is 0 Å². The minimum absolute atomic E-state index is 0.0216. The molecule has 4 heteroatoms. The zero-order chi connectivity index (χ0) is 12.2. The molecule has 1 atom stereocenters. The van der Waals surface area contributed by atoms with Gasteiger partial charge in [0.15, 0.2) is 0 Å². The first-order valence-corrected chi connectivity index (χ1v) is 5.52. The summed E-state index contributed by atoms with van der Waals surface area (Å²) >= 11 is 0. The number of rotatable bonds is 5. The monoisotopic (exact) mass is 222 g/mol. The largest absolute Gasteiger partial charge is 0.303 e. The lowest BCUT2D eigenvalue weighted by molar-refractivity contribution is 0.137. The normalized spacial score (nSPS) is 14.1. The molecule has 16 heavy (non-hydrogen) atoms. The van der Waals surface area contributed by atoms with Crippen LogP contribution in [0.25, 0.3) is 0 Å². The lowest BCUT2D eigenvalue weighted by Gasteiger charge is -2.39. The number of hydrazine groups is 1. The van der Waals surface area contributed by atoms with Gasteiger partial charge in [0.1, 0.15) is 0 Å². The lowest BCUT2D eigenvalue weighted by Crippen LogP contribution is -2.58. The van der Waals surface area contributed by atoms with E-state index in [4.69, 9.17) is 5.84 Å². The molecule has 0 bridgehead atoms. The molecule has 0 aliphatic rings. The van der Waals surface area contributed by atoms with Crippen LogP contribution in [0.1, 0.15) is 19.5 Å². The zero-order valence-corrected chi connectivity index (χ0v) is 10.6. The van der Waals surface area contributed by atoms with E-state index in [2.05, 4.69) is 43.3 Å². The Bertz CT molecular complexity index is 308. The molecule has 1 aromatic rings. The van der Waals surface area contributed by atoms with Crippen LogP contribution in [-0.4, -0.2) is 35.6 Å². The van der Waals surface area contributed by atoms with Crippen LogP contribution in [0.3, 0.4) is 0 Å². The van der Waals surface area contributed by atoms with Crippen LogP contribution in [0, 0.1) is 0 Å². The molecule has 0 aromatic carbocycles. The summed E-state index contributed by atoms with van der Waals surface area (Å²) in [5.41, 5.74) is 3.92. The number of hydrogen-bond acceptors (Lipinski definition) is 4. The summed E-state index contributed by atoms with van der Waals surface area (Å²) in [5.74, 6) is 5.64. The first kappa shape index (κ1) is 13.1. The molecule has 1 heterocycles. The van der Waals surface area contributed by atoms with Gasteiger partial charge in [-0.25, -0.2) is 0 Å². The second-order valence-electron chi connectivity index (χ2n) is 4.79. The van der Waals surface area contributed by atoms with Crippen molar-refractivity contribution in [1.82, 2.24) is 15.3 Å². The fourth-order valence-electron chi connectivity index (χ4n) is 1.55. The summed E-state index contributed by atoms with van der Waals surface area (Å²) < 4.78 is 0. The van der Waals surface area contributed by atoms with Crippen molar-refractivity contribution in [1.29, 1.82) is 0 Å². The Morgan fingerprint density at radius 2 is 2.12 bits per heavy atom. The molecule has 0 aliphatic carbocycles. The van der Waals surface area contributed by atoms with Gasteiger partial charge in [-0.1, -0.05) is 6.07 Å². The molecule has 1 rings (SSSR count). The maximum Gasteiger partial charge on any atom is 0.0444 e. The molecule has 3 N–H and O–H groups in total. The molecular formula is C12H22N4. The highest BCUT2D eigenvalue weighted by atomic mass is 15.3. The number of aromatic nitrogens is 1. The van der Waals surface area contributed by atoms with Gasteiger partial charge in [0.05, 0.1) is 0 Å². The summed E-state index contributed by atoms with van der Waals surface area (Å²) in [7, 11) is 4.12. The van der Waals surface area contributed by atoms with Gasteiger partial charge in [-0.2, -0.15) is 0 Å². The Kier molecular flexibility index (Phi) is 4.41. The van der Waals surface area contributed by atoms with Crippen LogP contribution in [0.4, 0.5) is 0 Å². The van der Waals surface area contributed by atoms with Crippen molar-refractivity contribution in [2.75, 3.05) is 14.1 Å². The van der Waals surface area contributed by atoms with Crippen LogP contribution in [0.2, 0.25) is 0 Å². The van der Waals surface area contributed by atoms with E-state index in [-0.39, 0.29) is 11.6 Å². The van der Waals surface area contributed by atoms with Crippen molar-refractivity contribution in [3.8, 4) is 0 Å². The Balaban J connectivity index is 2.77. The van der Waals surface area contributed by atoms with Gasteiger partial charge >= 0.3 is 0 Å². The average Bonchev–Trinajstić information content (AvgIpc) is 2.26. The molecule has 0 aliphatic heterocycles. The second-order valence-corrected chi connectivity index (χ2v) is 4.79. The molecule has 0 spiro atoms. The molecule has 0 saturated carbocycles. The summed E-state index contributed by atoms with van der Waals surface area (Å²) in [4.78, 5) is 6.49. The van der Waals surface area contributed by atoms with E-state index in [1.54, 1.807) is 0 Å². The fraction of sp³-hybridized carbons (Fsp3) is 0.583. The maximum atomic E-state index is 5.64. The van der Waals surface area contributed by atoms with Crippen LogP contribution in [-0.2, 0) is 6.42 Å². The minimum atomic E-state index is -0.0216. The van der Waals surface area contributed by atoms with E-state index in [0.717, 1.165) is 12.1 Å². The SMILES string of the molecule is CN(C)C(C)(C)C(Cc1ccccn1)NN. The highest BCUT2D eigenvalue weighted by Gasteiger charge is 2.31. The number of hydrogen-bond donors (Lipinski definition) is 2. The molecule has 0 fully saturated rings. The number of nitrogens with zero attached hydrogens (tertiary/aromatic N) is 2. The molecule has 1 unspecified atom stereocenters. The minimum Gasteiger partial charge on any atom is -0.303 e. The average molecular weight is 222 g/mol. The molecule has 1 aromatic heterocycles. The maximum absolute atomic E-state index is 5.64. The molecule has 0 saturated heterocycles. The van der Waals surface area contributed by atoms with Crippen molar-refractivity contribution < 1.29 is 0 Å². The van der Waals surface area contributed by atoms with E-state index in [0.29, 0.717) is 0 Å². The molecular weight excluding hydrogens is 200 g/mol. The predicted octanol–water partition coefficient (Wildman–Crippen LogP) is 0.796. The van der Waals surface area contributed by atoms with E-state index >= 15 is 0 Å². The van der Waals surface area contributed by atoms with Crippen molar-refractivity contribution >= 4 is 0 Å². The third-order valence-corrected chi connectivity index (χ3v) is 3.35. The van der Waals surface area contributed by atoms with Crippen molar-refractivity contribution in [2.45, 2.75) is 31.8 Å². The standard InChI is InChI=1S/C12H22N4/c1-12(2,16(3)4)11(15-13)9-10-7-5-6-8-14-10/h5-8,11,15H,9,13H2,1-4H3. The smallest absolute Gasteiger partial charge is 0.0444 e. The molecule has 90 valence electrons. The van der Waals surface area contributed by atoms with Crippen LogP contribution < -0.4 is 11.3 Å². The second kappa shape index (κ2) is 5.39. The number of nitrogens with two attached hydrogens (primary N) is 1. The zero-order valence-electron chi connectivity index (χ0n) is 10.6. The fourth-order valence-corrected chi connectivity index (χ4v) is 1.55. The summed E-state index contributed by atoms with van der Waals surface area (Å²) in [5, 5.41) is 0. The Morgan fingerprint density at radius 1 is 1.44 bits per heavy atom. The van der Waals surface area contributed by atoms with Crippen molar-refractivity contribution in [3.05, 3.63) is 30.1 Å². The molecule has 4 nitrogen and oxygen atoms in total. The van der Waals surface area contributed by atoms with Gasteiger partial charge < -0.3 is 4.90 Å². The Morgan fingerprint density at radius 3 is 2.56 bits per heavy atom. The van der Waals surface area contributed by atoms with Gasteiger partial charge in [-0.05, 0) is 40.1 Å². The van der Waals surface area contributed by atoms with Gasteiger partial charge in [0, 0.05) is 29.9 Å². The van der Waals surface area contributed by atoms with Crippen LogP contribution >= 0.6 is 0 Å². The first-order chi connectivity index (χ1) is 7.48. The third-order valence-electron chi connectivity index (χ3n) is 3.35. The van der Waals surface area contributed by atoms with Crippen molar-refractivity contribution in [2.24, 2.45) is 5.84 Å². The summed E-state index contributed by atoms with van der Waals surface area (Å²) in [6.07, 6.45) is 2.63. The quantitative estimate of drug-likeness (QED) is 0.571. The molecule has 0 amide bonds. The number of pyridine rings is 1. The van der Waals surface area contributed by atoms with E-state index < -0.39 is 0 Å². The first-order valence-electron chi connectivity index (χ1n) is 5.52. The Labute approximate surface area is 97.8 Å². The highest BCUT2D eigenvalue weighted by molar-refractivity contribution is 5.08. The van der Waals surface area contributed by atoms with E-state index in [1.165, 1.54) is 0 Å². The van der Waals surface area contributed by atoms with Crippen LogP contribution in [0.15, 0.2) is 24.4 Å². The van der Waals surface area contributed by atoms with Gasteiger partial charge in [-0.15, -0.1) is 0 Å². The Hall–Kier alpha value is -0.970. The highest BCUT2D eigenvalue weighted by Crippen LogP contribution is 2.18. The van der Waals surface area contributed by atoms with Crippen molar-refractivity contribution in [3.63, 3.8) is 0 Å². The predicted molar refractivity (Wildman–Crippen MR) is 66.8 cm³/mol. The van der Waals surface area contributed by atoms with Gasteiger partial charge in [0.25, 0.3) is 0 Å². The number of nitrogens with one attached hydrogen (secondary N) is 1. The lowest BCUT2D eigenvalue weighted by atomic mass is 9.90. The van der Waals surface area contributed by atoms with E-state index in [9.17, 15) is 0 Å². The third kappa shape index (κ3) is 3.01. The molecule has 0 radical (unpaired) electrons. The summed E-state index contributed by atoms with van der Waals surface area (Å²) in [6, 6.07) is 6.11. The summed E-state index contributed by atoms with van der Waals surface area (Å²) in [6.45, 7) is 4.33. The topological polar surface area (TPSA) is 54.2 Å².